The molecule has 0 aromatic heterocycles. The lowest BCUT2D eigenvalue weighted by Crippen LogP contribution is -2.53. The Balaban J connectivity index is 1.89. The molecule has 1 saturated heterocycles. The van der Waals surface area contributed by atoms with Crippen LogP contribution in [0, 0.1) is 11.8 Å². The van der Waals surface area contributed by atoms with Gasteiger partial charge in [0.2, 0.25) is 0 Å². The summed E-state index contributed by atoms with van der Waals surface area (Å²) in [5.41, 5.74) is 0. The topological polar surface area (TPSA) is 53.8 Å². The van der Waals surface area contributed by atoms with Crippen LogP contribution in [-0.4, -0.2) is 24.5 Å². The van der Waals surface area contributed by atoms with Crippen molar-refractivity contribution in [3.8, 4) is 0 Å². The van der Waals surface area contributed by atoms with Crippen LogP contribution >= 0.6 is 0 Å². The number of azo groups is 1. The number of nitrogens with one attached hydrogen (secondary N) is 1. The predicted octanol–water partition coefficient (Wildman–Crippen LogP) is 0.902. The highest BCUT2D eigenvalue weighted by Crippen LogP contribution is 2.35. The number of allylic oxidation sites excluding steroid dienone is 1. The van der Waals surface area contributed by atoms with Gasteiger partial charge in [-0.1, -0.05) is 12.2 Å². The van der Waals surface area contributed by atoms with Crippen molar-refractivity contribution in [3.63, 3.8) is 0 Å². The van der Waals surface area contributed by atoms with E-state index in [4.69, 9.17) is 0 Å². The van der Waals surface area contributed by atoms with Crippen molar-refractivity contribution < 1.29 is 4.79 Å². The first-order valence-electron chi connectivity index (χ1n) is 5.21. The van der Waals surface area contributed by atoms with Crippen LogP contribution in [0.2, 0.25) is 0 Å². The fourth-order valence-electron chi connectivity index (χ4n) is 2.74. The van der Waals surface area contributed by atoms with E-state index in [1.807, 2.05) is 0 Å². The van der Waals surface area contributed by atoms with Gasteiger partial charge in [-0.2, -0.15) is 5.11 Å². The lowest BCUT2D eigenvalue weighted by Gasteiger charge is -2.38. The number of nitrogens with zero attached hydrogens (tertiary/aromatic N) is 2. The molecule has 4 nitrogen and oxygen atoms in total. The molecule has 2 aliphatic heterocycles. The van der Waals surface area contributed by atoms with Crippen molar-refractivity contribution in [1.82, 2.24) is 5.32 Å². The molecule has 4 unspecified atom stereocenters. The normalized spacial score (nSPS) is 45.0. The monoisotopic (exact) mass is 191 g/mol. The van der Waals surface area contributed by atoms with E-state index in [1.54, 1.807) is 0 Å². The Morgan fingerprint density at radius 3 is 3.36 bits per heavy atom. The highest BCUT2D eigenvalue weighted by atomic mass is 16.2. The first-order valence-corrected chi connectivity index (χ1v) is 5.21. The van der Waals surface area contributed by atoms with Gasteiger partial charge in [0.15, 0.2) is 0 Å². The first-order chi connectivity index (χ1) is 6.86. The Hall–Kier alpha value is -1.03. The molecule has 1 amide bonds. The van der Waals surface area contributed by atoms with Gasteiger partial charge in [0, 0.05) is 18.5 Å². The van der Waals surface area contributed by atoms with Crippen LogP contribution in [-0.2, 0) is 4.79 Å². The number of rotatable bonds is 0. The smallest absolute Gasteiger partial charge is 0.270 e. The predicted molar refractivity (Wildman–Crippen MR) is 50.8 cm³/mol. The van der Waals surface area contributed by atoms with Gasteiger partial charge in [0.05, 0.1) is 12.0 Å². The van der Waals surface area contributed by atoms with Crippen LogP contribution in [0.15, 0.2) is 22.4 Å². The number of piperidine rings is 1. The number of amides is 1. The van der Waals surface area contributed by atoms with E-state index >= 15 is 0 Å². The van der Waals surface area contributed by atoms with Gasteiger partial charge in [-0.05, 0) is 12.8 Å². The third-order valence-electron chi connectivity index (χ3n) is 3.50. The molecule has 74 valence electrons. The second-order valence-corrected chi connectivity index (χ2v) is 4.25. The molecule has 14 heavy (non-hydrogen) atoms. The highest BCUT2D eigenvalue weighted by molar-refractivity contribution is 5.81. The third-order valence-corrected chi connectivity index (χ3v) is 3.50. The zero-order valence-electron chi connectivity index (χ0n) is 7.89. The molecule has 0 aromatic rings. The van der Waals surface area contributed by atoms with E-state index in [0.29, 0.717) is 12.0 Å². The van der Waals surface area contributed by atoms with E-state index < -0.39 is 0 Å². The molecule has 4 heteroatoms. The molecule has 3 aliphatic rings. The summed E-state index contributed by atoms with van der Waals surface area (Å²) in [4.78, 5) is 11.4. The highest BCUT2D eigenvalue weighted by Gasteiger charge is 2.45. The number of hydrogen-bond donors (Lipinski definition) is 1. The molecule has 0 aromatic carbocycles. The second kappa shape index (κ2) is 2.98. The molecule has 0 bridgehead atoms. The lowest BCUT2D eigenvalue weighted by molar-refractivity contribution is -0.121. The summed E-state index contributed by atoms with van der Waals surface area (Å²) in [5.74, 6) is 0.465. The molecule has 2 heterocycles. The van der Waals surface area contributed by atoms with Gasteiger partial charge < -0.3 is 5.32 Å². The standard InChI is InChI=1S/C10H13N3O/c14-10-7-5-11-8-4-2-1-3-6(8)9(7)12-13-10/h2,4,6-9,11H,1,3,5H2. The molecule has 1 fully saturated rings. The van der Waals surface area contributed by atoms with Crippen LogP contribution in [0.5, 0.6) is 0 Å². The van der Waals surface area contributed by atoms with Gasteiger partial charge in [-0.15, -0.1) is 5.11 Å². The Morgan fingerprint density at radius 2 is 2.43 bits per heavy atom. The Bertz CT molecular complexity index is 323. The molecule has 1 aliphatic carbocycles. The maximum Gasteiger partial charge on any atom is 0.270 e. The zero-order valence-corrected chi connectivity index (χ0v) is 7.89. The van der Waals surface area contributed by atoms with Crippen LogP contribution in [0.4, 0.5) is 0 Å². The Kier molecular flexibility index (Phi) is 1.77. The average Bonchev–Trinajstić information content (AvgIpc) is 2.61. The van der Waals surface area contributed by atoms with E-state index in [-0.39, 0.29) is 17.9 Å². The van der Waals surface area contributed by atoms with Crippen molar-refractivity contribution in [2.75, 3.05) is 6.54 Å². The summed E-state index contributed by atoms with van der Waals surface area (Å²) in [5, 5.41) is 11.2. The third kappa shape index (κ3) is 1.07. The minimum atomic E-state index is -0.0319. The first kappa shape index (κ1) is 8.29. The summed E-state index contributed by atoms with van der Waals surface area (Å²) in [7, 11) is 0. The number of fused-ring (bicyclic) bond motifs is 3. The SMILES string of the molecule is O=C1N=NC2C1CNC1C=CCCC12. The fourth-order valence-corrected chi connectivity index (χ4v) is 2.74. The van der Waals surface area contributed by atoms with E-state index in [9.17, 15) is 4.79 Å². The van der Waals surface area contributed by atoms with E-state index in [0.717, 1.165) is 19.4 Å². The van der Waals surface area contributed by atoms with Crippen molar-refractivity contribution in [1.29, 1.82) is 0 Å². The summed E-state index contributed by atoms with van der Waals surface area (Å²) in [6.07, 6.45) is 6.66. The minimum absolute atomic E-state index is 0.0164. The molecule has 0 saturated carbocycles. The zero-order chi connectivity index (χ0) is 9.54. The van der Waals surface area contributed by atoms with Crippen molar-refractivity contribution in [3.05, 3.63) is 12.2 Å². The van der Waals surface area contributed by atoms with Crippen molar-refractivity contribution in [2.24, 2.45) is 22.1 Å². The molecular formula is C10H13N3O. The summed E-state index contributed by atoms with van der Waals surface area (Å²) in [6.45, 7) is 0.738. The lowest BCUT2D eigenvalue weighted by atomic mass is 9.76. The van der Waals surface area contributed by atoms with Crippen LogP contribution in [0.1, 0.15) is 12.8 Å². The van der Waals surface area contributed by atoms with Crippen LogP contribution in [0.3, 0.4) is 0 Å². The number of carbonyl (C=O) groups excluding carboxylic acids is 1. The minimum Gasteiger partial charge on any atom is -0.309 e. The maximum atomic E-state index is 11.4. The number of hydrogen-bond acceptors (Lipinski definition) is 3. The van der Waals surface area contributed by atoms with E-state index in [1.165, 1.54) is 0 Å². The quantitative estimate of drug-likeness (QED) is 0.578. The Labute approximate surface area is 82.5 Å². The molecule has 0 radical (unpaired) electrons. The largest absolute Gasteiger partial charge is 0.309 e. The molecule has 1 N–H and O–H groups in total. The van der Waals surface area contributed by atoms with Gasteiger partial charge in [0.25, 0.3) is 5.91 Å². The molecular weight excluding hydrogens is 178 g/mol. The van der Waals surface area contributed by atoms with Gasteiger partial charge in [0.1, 0.15) is 0 Å². The molecule has 0 spiro atoms. The second-order valence-electron chi connectivity index (χ2n) is 4.25. The fraction of sp³-hybridized carbons (Fsp3) is 0.700. The van der Waals surface area contributed by atoms with Gasteiger partial charge >= 0.3 is 0 Å². The molecule has 4 atom stereocenters. The van der Waals surface area contributed by atoms with Crippen LogP contribution < -0.4 is 5.32 Å². The summed E-state index contributed by atoms with van der Waals surface area (Å²) in [6, 6.07) is 0.563. The average molecular weight is 191 g/mol. The summed E-state index contributed by atoms with van der Waals surface area (Å²) < 4.78 is 0. The van der Waals surface area contributed by atoms with Crippen LogP contribution in [0.25, 0.3) is 0 Å². The van der Waals surface area contributed by atoms with Crippen molar-refractivity contribution in [2.45, 2.75) is 24.9 Å². The van der Waals surface area contributed by atoms with E-state index in [2.05, 4.69) is 27.7 Å². The summed E-state index contributed by atoms with van der Waals surface area (Å²) >= 11 is 0. The van der Waals surface area contributed by atoms with Crippen molar-refractivity contribution >= 4 is 5.91 Å². The molecule has 3 rings (SSSR count). The maximum absolute atomic E-state index is 11.4. The number of carbonyl (C=O) groups is 1. The van der Waals surface area contributed by atoms with Gasteiger partial charge in [-0.3, -0.25) is 4.79 Å². The Morgan fingerprint density at radius 1 is 1.50 bits per heavy atom. The van der Waals surface area contributed by atoms with Gasteiger partial charge in [-0.25, -0.2) is 0 Å².